The Kier molecular flexibility index (Phi) is 5.92. The first-order valence-electron chi connectivity index (χ1n) is 9.89. The van der Waals surface area contributed by atoms with E-state index in [-0.39, 0.29) is 41.1 Å². The number of nitrogens with zero attached hydrogens (tertiary/aromatic N) is 2. The Balaban J connectivity index is 1.54. The standard InChI is InChI=1S/C22H21Cl2N3O4/c1-11-19(23)20(24)21(25-11)17(28)8-12-6-7-27(10-18(12)29)16-9-15(22(30)31)26-14-5-3-2-4-13(14)16/h2-5,9,12,18,25,29H,6-8,10H2,1H3,(H,30,31). The van der Waals surface area contributed by atoms with Gasteiger partial charge in [-0.1, -0.05) is 41.4 Å². The quantitative estimate of drug-likeness (QED) is 0.488. The normalized spacial score (nSPS) is 19.0. The predicted molar refractivity (Wildman–Crippen MR) is 120 cm³/mol. The number of aryl methyl sites for hydroxylation is 1. The van der Waals surface area contributed by atoms with Crippen LogP contribution in [0.15, 0.2) is 30.3 Å². The van der Waals surface area contributed by atoms with Gasteiger partial charge in [-0.2, -0.15) is 0 Å². The van der Waals surface area contributed by atoms with Crippen molar-refractivity contribution in [2.24, 2.45) is 5.92 Å². The van der Waals surface area contributed by atoms with Gasteiger partial charge < -0.3 is 20.1 Å². The number of carboxylic acid groups (broad SMARTS) is 1. The molecule has 9 heteroatoms. The number of anilines is 1. The van der Waals surface area contributed by atoms with Crippen molar-refractivity contribution >= 4 is 51.5 Å². The molecule has 2 aromatic heterocycles. The molecule has 1 aromatic carbocycles. The smallest absolute Gasteiger partial charge is 0.354 e. The van der Waals surface area contributed by atoms with Crippen molar-refractivity contribution < 1.29 is 19.8 Å². The summed E-state index contributed by atoms with van der Waals surface area (Å²) in [5.74, 6) is -1.54. The number of halogens is 2. The molecule has 0 aliphatic carbocycles. The summed E-state index contributed by atoms with van der Waals surface area (Å²) >= 11 is 12.2. The third-order valence-electron chi connectivity index (χ3n) is 5.76. The van der Waals surface area contributed by atoms with E-state index >= 15 is 0 Å². The average Bonchev–Trinajstić information content (AvgIpc) is 3.01. The Morgan fingerprint density at radius 3 is 2.65 bits per heavy atom. The van der Waals surface area contributed by atoms with Gasteiger partial charge in [0.25, 0.3) is 0 Å². The molecule has 3 aromatic rings. The summed E-state index contributed by atoms with van der Waals surface area (Å²) in [5, 5.41) is 21.6. The highest BCUT2D eigenvalue weighted by Gasteiger charge is 2.32. The number of rotatable bonds is 5. The molecule has 0 saturated carbocycles. The number of hydrogen-bond donors (Lipinski definition) is 3. The van der Waals surface area contributed by atoms with Crippen molar-refractivity contribution in [1.82, 2.24) is 9.97 Å². The lowest BCUT2D eigenvalue weighted by Crippen LogP contribution is -2.44. The zero-order valence-corrected chi connectivity index (χ0v) is 18.2. The molecule has 0 amide bonds. The first-order chi connectivity index (χ1) is 14.8. The van der Waals surface area contributed by atoms with Crippen molar-refractivity contribution in [2.45, 2.75) is 25.9 Å². The maximum atomic E-state index is 12.7. The van der Waals surface area contributed by atoms with Crippen LogP contribution >= 0.6 is 23.2 Å². The van der Waals surface area contributed by atoms with E-state index in [0.717, 1.165) is 5.39 Å². The van der Waals surface area contributed by atoms with E-state index in [1.165, 1.54) is 6.07 Å². The number of benzene rings is 1. The number of piperidine rings is 1. The molecule has 4 rings (SSSR count). The Morgan fingerprint density at radius 1 is 1.26 bits per heavy atom. The summed E-state index contributed by atoms with van der Waals surface area (Å²) < 4.78 is 0. The van der Waals surface area contributed by atoms with E-state index in [1.54, 1.807) is 19.1 Å². The van der Waals surface area contributed by atoms with Gasteiger partial charge in [-0.15, -0.1) is 0 Å². The largest absolute Gasteiger partial charge is 0.477 e. The lowest BCUT2D eigenvalue weighted by molar-refractivity contribution is 0.0689. The van der Waals surface area contributed by atoms with E-state index < -0.39 is 12.1 Å². The second-order valence-electron chi connectivity index (χ2n) is 7.79. The number of carbonyl (C=O) groups is 2. The summed E-state index contributed by atoms with van der Waals surface area (Å²) in [6.45, 7) is 2.59. The molecular formula is C22H21Cl2N3O4. The second kappa shape index (κ2) is 8.49. The number of aromatic amines is 1. The molecule has 3 heterocycles. The van der Waals surface area contributed by atoms with Gasteiger partial charge in [0.05, 0.1) is 21.7 Å². The van der Waals surface area contributed by atoms with Crippen LogP contribution in [0.4, 0.5) is 5.69 Å². The summed E-state index contributed by atoms with van der Waals surface area (Å²) in [6.07, 6.45) is -0.0531. The zero-order chi connectivity index (χ0) is 22.3. The number of nitrogens with one attached hydrogen (secondary N) is 1. The van der Waals surface area contributed by atoms with Gasteiger partial charge in [-0.3, -0.25) is 4.79 Å². The van der Waals surface area contributed by atoms with Gasteiger partial charge >= 0.3 is 5.97 Å². The monoisotopic (exact) mass is 461 g/mol. The minimum Gasteiger partial charge on any atom is -0.477 e. The van der Waals surface area contributed by atoms with Gasteiger partial charge in [-0.25, -0.2) is 9.78 Å². The summed E-state index contributed by atoms with van der Waals surface area (Å²) in [6, 6.07) is 8.84. The minimum absolute atomic E-state index is 0.0471. The number of β-amino-alcohol motifs (C(OH)–C–C–N with tert-alkyl or cyclic N) is 1. The highest BCUT2D eigenvalue weighted by Crippen LogP contribution is 2.34. The topological polar surface area (TPSA) is 107 Å². The fraction of sp³-hybridized carbons (Fsp3) is 0.318. The number of aromatic nitrogens is 2. The molecule has 0 spiro atoms. The van der Waals surface area contributed by atoms with Crippen molar-refractivity contribution in [3.8, 4) is 0 Å². The summed E-state index contributed by atoms with van der Waals surface area (Å²) in [7, 11) is 0. The molecule has 31 heavy (non-hydrogen) atoms. The number of H-pyrrole nitrogens is 1. The number of carboxylic acids is 1. The van der Waals surface area contributed by atoms with E-state index in [1.807, 2.05) is 17.0 Å². The Hall–Kier alpha value is -2.61. The van der Waals surface area contributed by atoms with Crippen molar-refractivity contribution in [3.63, 3.8) is 0 Å². The molecule has 1 fully saturated rings. The molecule has 2 unspecified atom stereocenters. The number of aliphatic hydroxyl groups is 1. The third kappa shape index (κ3) is 4.13. The molecule has 7 nitrogen and oxygen atoms in total. The number of aromatic carboxylic acids is 1. The first-order valence-corrected chi connectivity index (χ1v) is 10.6. The molecule has 1 aliphatic rings. The van der Waals surface area contributed by atoms with Crippen LogP contribution in [0.1, 0.15) is 39.5 Å². The fourth-order valence-electron chi connectivity index (χ4n) is 4.07. The number of para-hydroxylation sites is 1. The molecule has 2 atom stereocenters. The van der Waals surface area contributed by atoms with Gasteiger partial charge in [0.1, 0.15) is 5.69 Å². The van der Waals surface area contributed by atoms with Crippen LogP contribution in [0.5, 0.6) is 0 Å². The van der Waals surface area contributed by atoms with Crippen LogP contribution in [-0.2, 0) is 0 Å². The van der Waals surface area contributed by atoms with E-state index in [2.05, 4.69) is 9.97 Å². The number of hydrogen-bond acceptors (Lipinski definition) is 5. The van der Waals surface area contributed by atoms with Crippen molar-refractivity contribution in [2.75, 3.05) is 18.0 Å². The number of pyridine rings is 1. The van der Waals surface area contributed by atoms with Crippen molar-refractivity contribution in [3.05, 3.63) is 57.5 Å². The fourth-order valence-corrected chi connectivity index (χ4v) is 4.51. The molecule has 1 aliphatic heterocycles. The summed E-state index contributed by atoms with van der Waals surface area (Å²) in [5.41, 5.74) is 2.14. The van der Waals surface area contributed by atoms with E-state index in [0.29, 0.717) is 34.9 Å². The Bertz CT molecular complexity index is 1180. The first kappa shape index (κ1) is 21.6. The molecule has 0 radical (unpaired) electrons. The van der Waals surface area contributed by atoms with Gasteiger partial charge in [0.15, 0.2) is 11.5 Å². The predicted octanol–water partition coefficient (Wildman–Crippen LogP) is 4.34. The second-order valence-corrected chi connectivity index (χ2v) is 8.55. The molecular weight excluding hydrogens is 441 g/mol. The highest BCUT2D eigenvalue weighted by molar-refractivity contribution is 6.44. The van der Waals surface area contributed by atoms with Crippen LogP contribution in [-0.4, -0.2) is 51.1 Å². The van der Waals surface area contributed by atoms with Gasteiger partial charge in [0.2, 0.25) is 0 Å². The molecule has 1 saturated heterocycles. The average molecular weight is 462 g/mol. The van der Waals surface area contributed by atoms with Gasteiger partial charge in [-0.05, 0) is 31.4 Å². The summed E-state index contributed by atoms with van der Waals surface area (Å²) in [4.78, 5) is 33.3. The number of Topliss-reactive ketones (excluding diaryl/α,β-unsaturated/α-hetero) is 1. The molecule has 0 bridgehead atoms. The van der Waals surface area contributed by atoms with E-state index in [9.17, 15) is 19.8 Å². The third-order valence-corrected chi connectivity index (χ3v) is 6.70. The number of aliphatic hydroxyl groups excluding tert-OH is 1. The van der Waals surface area contributed by atoms with Crippen LogP contribution in [0.3, 0.4) is 0 Å². The highest BCUT2D eigenvalue weighted by atomic mass is 35.5. The Labute approximate surface area is 188 Å². The number of carbonyl (C=O) groups excluding carboxylic acids is 1. The van der Waals surface area contributed by atoms with Crippen LogP contribution in [0.25, 0.3) is 10.9 Å². The lowest BCUT2D eigenvalue weighted by Gasteiger charge is -2.37. The SMILES string of the molecule is Cc1[nH]c(C(=O)CC2CCN(c3cc(C(=O)O)nc4ccccc34)CC2O)c(Cl)c1Cl. The number of fused-ring (bicyclic) bond motifs is 1. The van der Waals surface area contributed by atoms with E-state index in [4.69, 9.17) is 23.2 Å². The Morgan fingerprint density at radius 2 is 2.00 bits per heavy atom. The van der Waals surface area contributed by atoms with Gasteiger partial charge in [0, 0.05) is 36.3 Å². The molecule has 162 valence electrons. The number of ketones is 1. The minimum atomic E-state index is -1.11. The van der Waals surface area contributed by atoms with Crippen LogP contribution in [0, 0.1) is 12.8 Å². The van der Waals surface area contributed by atoms with Crippen LogP contribution < -0.4 is 4.90 Å². The lowest BCUT2D eigenvalue weighted by atomic mass is 9.88. The van der Waals surface area contributed by atoms with Crippen molar-refractivity contribution in [1.29, 1.82) is 0 Å². The maximum absolute atomic E-state index is 12.7. The maximum Gasteiger partial charge on any atom is 0.354 e. The zero-order valence-electron chi connectivity index (χ0n) is 16.7. The van der Waals surface area contributed by atoms with Crippen LogP contribution in [0.2, 0.25) is 10.0 Å². The molecule has 3 N–H and O–H groups in total.